The molecule has 0 aromatic heterocycles. The van der Waals surface area contributed by atoms with Crippen molar-refractivity contribution < 1.29 is 9.53 Å². The van der Waals surface area contributed by atoms with E-state index in [1.54, 1.807) is 7.11 Å². The van der Waals surface area contributed by atoms with Crippen LogP contribution in [0.4, 0.5) is 0 Å². The zero-order valence-electron chi connectivity index (χ0n) is 8.32. The van der Waals surface area contributed by atoms with Crippen LogP contribution in [0.1, 0.15) is 13.3 Å². The molecule has 76 valence electrons. The summed E-state index contributed by atoms with van der Waals surface area (Å²) in [5.41, 5.74) is 5.56. The Hall–Kier alpha value is -0.610. The quantitative estimate of drug-likeness (QED) is 0.665. The predicted molar refractivity (Wildman–Crippen MR) is 50.2 cm³/mol. The summed E-state index contributed by atoms with van der Waals surface area (Å²) in [4.78, 5) is 13.3. The Morgan fingerprint density at radius 2 is 2.38 bits per heavy atom. The van der Waals surface area contributed by atoms with Crippen molar-refractivity contribution in [1.82, 2.24) is 4.90 Å². The summed E-state index contributed by atoms with van der Waals surface area (Å²) in [6, 6.07) is 0.316. The van der Waals surface area contributed by atoms with Gasteiger partial charge in [0.1, 0.15) is 6.61 Å². The van der Waals surface area contributed by atoms with Crippen LogP contribution in [0.2, 0.25) is 0 Å². The van der Waals surface area contributed by atoms with Gasteiger partial charge in [0, 0.05) is 19.7 Å². The van der Waals surface area contributed by atoms with Crippen molar-refractivity contribution in [2.45, 2.75) is 19.4 Å². The molecule has 1 heterocycles. The first-order valence-corrected chi connectivity index (χ1v) is 4.67. The molecule has 1 fully saturated rings. The maximum atomic E-state index is 11.5. The van der Waals surface area contributed by atoms with E-state index < -0.39 is 0 Å². The molecule has 4 nitrogen and oxygen atoms in total. The molecule has 0 bridgehead atoms. The van der Waals surface area contributed by atoms with Crippen LogP contribution in [0.25, 0.3) is 0 Å². The molecular formula is C9H18N2O2. The molecule has 1 rings (SSSR count). The third kappa shape index (κ3) is 2.42. The number of rotatable bonds is 3. The Morgan fingerprint density at radius 1 is 1.69 bits per heavy atom. The van der Waals surface area contributed by atoms with Crippen molar-refractivity contribution in [1.29, 1.82) is 0 Å². The minimum absolute atomic E-state index is 0.0750. The molecule has 0 spiro atoms. The lowest BCUT2D eigenvalue weighted by Gasteiger charge is -2.20. The molecule has 2 unspecified atom stereocenters. The maximum absolute atomic E-state index is 11.5. The molecule has 0 aromatic rings. The number of methoxy groups -OCH3 is 1. The Bertz CT molecular complexity index is 184. The lowest BCUT2D eigenvalue weighted by Crippen LogP contribution is -2.36. The van der Waals surface area contributed by atoms with Crippen molar-refractivity contribution in [3.8, 4) is 0 Å². The number of ether oxygens (including phenoxy) is 1. The molecule has 0 aromatic carbocycles. The summed E-state index contributed by atoms with van der Waals surface area (Å²) in [7, 11) is 1.54. The number of hydrogen-bond acceptors (Lipinski definition) is 3. The highest BCUT2D eigenvalue weighted by Crippen LogP contribution is 2.21. The zero-order chi connectivity index (χ0) is 9.84. The molecule has 0 radical (unpaired) electrons. The summed E-state index contributed by atoms with van der Waals surface area (Å²) < 4.78 is 4.81. The molecule has 1 aliphatic heterocycles. The predicted octanol–water partition coefficient (Wildman–Crippen LogP) is -0.171. The molecular weight excluding hydrogens is 168 g/mol. The van der Waals surface area contributed by atoms with Gasteiger partial charge in [-0.05, 0) is 25.8 Å². The van der Waals surface area contributed by atoms with Crippen LogP contribution in [0, 0.1) is 5.92 Å². The second kappa shape index (κ2) is 4.58. The SMILES string of the molecule is COCC(=O)N1CC(CN)CC1C. The standard InChI is InChI=1S/C9H18N2O2/c1-7-3-8(4-10)5-11(7)9(12)6-13-2/h7-8H,3-6,10H2,1-2H3. The largest absolute Gasteiger partial charge is 0.375 e. The van der Waals surface area contributed by atoms with Gasteiger partial charge in [0.25, 0.3) is 0 Å². The normalized spacial score (nSPS) is 28.1. The van der Waals surface area contributed by atoms with Gasteiger partial charge in [0.05, 0.1) is 0 Å². The van der Waals surface area contributed by atoms with Crippen LogP contribution >= 0.6 is 0 Å². The molecule has 13 heavy (non-hydrogen) atoms. The van der Waals surface area contributed by atoms with Crippen molar-refractivity contribution >= 4 is 5.91 Å². The van der Waals surface area contributed by atoms with Crippen LogP contribution in [-0.4, -0.2) is 43.7 Å². The van der Waals surface area contributed by atoms with E-state index in [-0.39, 0.29) is 12.5 Å². The zero-order valence-corrected chi connectivity index (χ0v) is 8.32. The summed E-state index contributed by atoms with van der Waals surface area (Å²) >= 11 is 0. The van der Waals surface area contributed by atoms with Gasteiger partial charge in [0.2, 0.25) is 5.91 Å². The van der Waals surface area contributed by atoms with Crippen LogP contribution in [0.3, 0.4) is 0 Å². The summed E-state index contributed by atoms with van der Waals surface area (Å²) in [6.45, 7) is 3.70. The first kappa shape index (κ1) is 10.5. The summed E-state index contributed by atoms with van der Waals surface area (Å²) in [6.07, 6.45) is 1.02. The maximum Gasteiger partial charge on any atom is 0.248 e. The number of carbonyl (C=O) groups excluding carboxylic acids is 1. The molecule has 1 amide bonds. The van der Waals surface area contributed by atoms with E-state index in [1.165, 1.54) is 0 Å². The van der Waals surface area contributed by atoms with Crippen molar-refractivity contribution in [2.24, 2.45) is 11.7 Å². The van der Waals surface area contributed by atoms with E-state index in [2.05, 4.69) is 6.92 Å². The van der Waals surface area contributed by atoms with Gasteiger partial charge >= 0.3 is 0 Å². The highest BCUT2D eigenvalue weighted by Gasteiger charge is 2.30. The Labute approximate surface area is 79.0 Å². The van der Waals surface area contributed by atoms with E-state index in [1.807, 2.05) is 4.90 Å². The van der Waals surface area contributed by atoms with Crippen molar-refractivity contribution in [2.75, 3.05) is 26.8 Å². The van der Waals surface area contributed by atoms with Gasteiger partial charge < -0.3 is 15.4 Å². The molecule has 0 saturated carbocycles. The van der Waals surface area contributed by atoms with Crippen LogP contribution < -0.4 is 5.73 Å². The minimum Gasteiger partial charge on any atom is -0.375 e. The van der Waals surface area contributed by atoms with Gasteiger partial charge in [-0.3, -0.25) is 4.79 Å². The van der Waals surface area contributed by atoms with Gasteiger partial charge in [0.15, 0.2) is 0 Å². The van der Waals surface area contributed by atoms with Crippen molar-refractivity contribution in [3.05, 3.63) is 0 Å². The Morgan fingerprint density at radius 3 is 2.85 bits per heavy atom. The Balaban J connectivity index is 2.46. The fourth-order valence-electron chi connectivity index (χ4n) is 1.87. The third-order valence-corrected chi connectivity index (χ3v) is 2.58. The third-order valence-electron chi connectivity index (χ3n) is 2.58. The highest BCUT2D eigenvalue weighted by atomic mass is 16.5. The Kier molecular flexibility index (Phi) is 3.69. The van der Waals surface area contributed by atoms with Crippen LogP contribution in [0.5, 0.6) is 0 Å². The number of likely N-dealkylation sites (tertiary alicyclic amines) is 1. The highest BCUT2D eigenvalue weighted by molar-refractivity contribution is 5.78. The van der Waals surface area contributed by atoms with Gasteiger partial charge in [-0.15, -0.1) is 0 Å². The topological polar surface area (TPSA) is 55.6 Å². The molecule has 1 aliphatic rings. The second-order valence-electron chi connectivity index (χ2n) is 3.67. The smallest absolute Gasteiger partial charge is 0.248 e. The number of nitrogens with two attached hydrogens (primary N) is 1. The average molecular weight is 186 g/mol. The molecule has 1 saturated heterocycles. The lowest BCUT2D eigenvalue weighted by molar-refractivity contribution is -0.135. The van der Waals surface area contributed by atoms with E-state index in [0.717, 1.165) is 13.0 Å². The molecule has 2 atom stereocenters. The summed E-state index contributed by atoms with van der Waals surface area (Å²) in [5, 5.41) is 0. The van der Waals surface area contributed by atoms with Crippen LogP contribution in [0.15, 0.2) is 0 Å². The second-order valence-corrected chi connectivity index (χ2v) is 3.67. The van der Waals surface area contributed by atoms with Crippen molar-refractivity contribution in [3.63, 3.8) is 0 Å². The lowest BCUT2D eigenvalue weighted by atomic mass is 10.1. The number of carbonyl (C=O) groups is 1. The number of hydrogen-bond donors (Lipinski definition) is 1. The number of amides is 1. The molecule has 2 N–H and O–H groups in total. The van der Waals surface area contributed by atoms with E-state index in [4.69, 9.17) is 10.5 Å². The van der Waals surface area contributed by atoms with E-state index in [9.17, 15) is 4.79 Å². The fourth-order valence-corrected chi connectivity index (χ4v) is 1.87. The fraction of sp³-hybridized carbons (Fsp3) is 0.889. The van der Waals surface area contributed by atoms with Gasteiger partial charge in [-0.1, -0.05) is 0 Å². The first-order chi connectivity index (χ1) is 6.19. The number of nitrogens with zero attached hydrogens (tertiary/aromatic N) is 1. The first-order valence-electron chi connectivity index (χ1n) is 4.67. The minimum atomic E-state index is 0.0750. The monoisotopic (exact) mass is 186 g/mol. The molecule has 4 heteroatoms. The molecule has 0 aliphatic carbocycles. The van der Waals surface area contributed by atoms with E-state index in [0.29, 0.717) is 18.5 Å². The average Bonchev–Trinajstić information content (AvgIpc) is 2.47. The summed E-state index contributed by atoms with van der Waals surface area (Å²) in [5.74, 6) is 0.543. The van der Waals surface area contributed by atoms with Gasteiger partial charge in [-0.25, -0.2) is 0 Å². The van der Waals surface area contributed by atoms with E-state index >= 15 is 0 Å². The van der Waals surface area contributed by atoms with Crippen LogP contribution in [-0.2, 0) is 9.53 Å². The van der Waals surface area contributed by atoms with Gasteiger partial charge in [-0.2, -0.15) is 0 Å².